The van der Waals surface area contributed by atoms with Crippen LogP contribution in [0.15, 0.2) is 12.1 Å². The topological polar surface area (TPSA) is 91.1 Å². The number of rotatable bonds is 2. The zero-order chi connectivity index (χ0) is 14.1. The lowest BCUT2D eigenvalue weighted by Gasteiger charge is -2.27. The highest BCUT2D eigenvalue weighted by Gasteiger charge is 2.28. The number of carbonyl (C=O) groups excluding carboxylic acids is 2. The largest absolute Gasteiger partial charge is 0.467 e. The van der Waals surface area contributed by atoms with Crippen molar-refractivity contribution in [3.63, 3.8) is 0 Å². The highest BCUT2D eigenvalue weighted by atomic mass is 16.7. The van der Waals surface area contributed by atoms with Gasteiger partial charge in [0.05, 0.1) is 13.2 Å². The number of benzene rings is 1. The van der Waals surface area contributed by atoms with Gasteiger partial charge in [0.15, 0.2) is 6.79 Å². The molecule has 2 heterocycles. The van der Waals surface area contributed by atoms with E-state index in [9.17, 15) is 9.59 Å². The molecule has 2 amide bonds. The number of fused-ring (bicyclic) bond motifs is 1. The molecule has 7 heteroatoms. The van der Waals surface area contributed by atoms with Gasteiger partial charge in [-0.05, 0) is 12.1 Å². The summed E-state index contributed by atoms with van der Waals surface area (Å²) in [4.78, 5) is 24.7. The molecule has 1 aromatic carbocycles. The van der Waals surface area contributed by atoms with Gasteiger partial charge in [0.2, 0.25) is 0 Å². The van der Waals surface area contributed by atoms with E-state index in [0.717, 1.165) is 10.5 Å². The fraction of sp³-hybridized carbons (Fsp3) is 0.385. The van der Waals surface area contributed by atoms with Gasteiger partial charge in [-0.15, -0.1) is 0 Å². The fourth-order valence-corrected chi connectivity index (χ4v) is 2.31. The second-order valence-electron chi connectivity index (χ2n) is 4.65. The number of amides is 2. The van der Waals surface area contributed by atoms with Crippen LogP contribution < -0.4 is 10.5 Å². The Labute approximate surface area is 115 Å². The average molecular weight is 278 g/mol. The summed E-state index contributed by atoms with van der Waals surface area (Å²) in [7, 11) is 0. The number of nitrogens with zero attached hydrogens (tertiary/aromatic N) is 1. The van der Waals surface area contributed by atoms with Crippen LogP contribution in [0.2, 0.25) is 0 Å². The van der Waals surface area contributed by atoms with Crippen molar-refractivity contribution in [1.82, 2.24) is 4.90 Å². The molecule has 2 aliphatic rings. The van der Waals surface area contributed by atoms with Crippen LogP contribution in [-0.2, 0) is 32.2 Å². The summed E-state index contributed by atoms with van der Waals surface area (Å²) in [5.41, 5.74) is 7.90. The molecule has 0 atom stereocenters. The molecular formula is C13H14N2O5. The van der Waals surface area contributed by atoms with Crippen LogP contribution in [0.3, 0.4) is 0 Å². The summed E-state index contributed by atoms with van der Waals surface area (Å²) in [5, 5.41) is 0. The lowest BCUT2D eigenvalue weighted by Crippen LogP contribution is -2.45. The minimum atomic E-state index is -0.357. The Kier molecular flexibility index (Phi) is 3.29. The van der Waals surface area contributed by atoms with Crippen molar-refractivity contribution in [2.45, 2.75) is 13.2 Å². The summed E-state index contributed by atoms with van der Waals surface area (Å²) in [6.45, 7) is 0.516. The molecule has 0 spiro atoms. The van der Waals surface area contributed by atoms with Gasteiger partial charge in [0, 0.05) is 16.8 Å². The van der Waals surface area contributed by atoms with E-state index in [4.69, 9.17) is 19.9 Å². The van der Waals surface area contributed by atoms with Gasteiger partial charge in [-0.3, -0.25) is 14.5 Å². The standard InChI is InChI=1S/C13H14N2O5/c14-10-1-8(13-9(2-10)4-19-7-20-13)3-15-11(16)5-18-6-12(15)17/h1-2H,3-7,14H2. The Hall–Kier alpha value is -2.12. The second kappa shape index (κ2) is 5.10. The van der Waals surface area contributed by atoms with Crippen LogP contribution >= 0.6 is 0 Å². The first-order valence-electron chi connectivity index (χ1n) is 6.18. The molecular weight excluding hydrogens is 264 g/mol. The van der Waals surface area contributed by atoms with Crippen molar-refractivity contribution in [2.75, 3.05) is 25.7 Å². The summed E-state index contributed by atoms with van der Waals surface area (Å²) in [5.74, 6) is -0.0773. The monoisotopic (exact) mass is 278 g/mol. The molecule has 0 bridgehead atoms. The molecule has 1 aromatic rings. The van der Waals surface area contributed by atoms with Gasteiger partial charge >= 0.3 is 0 Å². The van der Waals surface area contributed by atoms with Crippen LogP contribution in [0, 0.1) is 0 Å². The van der Waals surface area contributed by atoms with Crippen LogP contribution in [0.25, 0.3) is 0 Å². The SMILES string of the molecule is Nc1cc2c(c(CN3C(=O)COCC3=O)c1)OCOC2. The Morgan fingerprint density at radius 3 is 2.60 bits per heavy atom. The van der Waals surface area contributed by atoms with Crippen LogP contribution in [-0.4, -0.2) is 36.7 Å². The molecule has 2 N–H and O–H groups in total. The molecule has 2 aliphatic heterocycles. The maximum atomic E-state index is 11.7. The lowest BCUT2D eigenvalue weighted by molar-refractivity contribution is -0.159. The molecule has 0 aromatic heterocycles. The number of carbonyl (C=O) groups is 2. The lowest BCUT2D eigenvalue weighted by atomic mass is 10.1. The van der Waals surface area contributed by atoms with Crippen molar-refractivity contribution in [3.8, 4) is 5.75 Å². The smallest absolute Gasteiger partial charge is 0.255 e. The van der Waals surface area contributed by atoms with Crippen LogP contribution in [0.4, 0.5) is 5.69 Å². The molecule has 7 nitrogen and oxygen atoms in total. The van der Waals surface area contributed by atoms with Gasteiger partial charge in [-0.2, -0.15) is 0 Å². The minimum Gasteiger partial charge on any atom is -0.467 e. The maximum absolute atomic E-state index is 11.7. The second-order valence-corrected chi connectivity index (χ2v) is 4.65. The fourth-order valence-electron chi connectivity index (χ4n) is 2.31. The predicted molar refractivity (Wildman–Crippen MR) is 67.5 cm³/mol. The molecule has 0 aliphatic carbocycles. The third kappa shape index (κ3) is 2.33. The van der Waals surface area contributed by atoms with Crippen LogP contribution in [0.5, 0.6) is 5.75 Å². The van der Waals surface area contributed by atoms with Gasteiger partial charge < -0.3 is 19.9 Å². The summed E-state index contributed by atoms with van der Waals surface area (Å²) in [6.07, 6.45) is 0. The number of anilines is 1. The third-order valence-electron chi connectivity index (χ3n) is 3.19. The third-order valence-corrected chi connectivity index (χ3v) is 3.19. The van der Waals surface area contributed by atoms with Gasteiger partial charge in [-0.25, -0.2) is 0 Å². The van der Waals surface area contributed by atoms with Gasteiger partial charge in [0.1, 0.15) is 19.0 Å². The first kappa shape index (κ1) is 12.9. The quantitative estimate of drug-likeness (QED) is 0.606. The Balaban J connectivity index is 1.92. The van der Waals surface area contributed by atoms with E-state index in [0.29, 0.717) is 23.6 Å². The van der Waals surface area contributed by atoms with E-state index in [1.807, 2.05) is 0 Å². The van der Waals surface area contributed by atoms with Crippen molar-refractivity contribution < 1.29 is 23.8 Å². The molecule has 0 radical (unpaired) electrons. The molecule has 3 rings (SSSR count). The van der Waals surface area contributed by atoms with E-state index in [1.165, 1.54) is 0 Å². The Morgan fingerprint density at radius 1 is 1.10 bits per heavy atom. The minimum absolute atomic E-state index is 0.0831. The number of hydrogen-bond acceptors (Lipinski definition) is 6. The first-order chi connectivity index (χ1) is 9.65. The van der Waals surface area contributed by atoms with Crippen molar-refractivity contribution in [2.24, 2.45) is 0 Å². The highest BCUT2D eigenvalue weighted by Crippen LogP contribution is 2.31. The number of ether oxygens (including phenoxy) is 3. The Bertz CT molecular complexity index is 556. The number of imide groups is 1. The zero-order valence-electron chi connectivity index (χ0n) is 10.8. The number of nitrogens with two attached hydrogens (primary N) is 1. The van der Waals surface area contributed by atoms with E-state index in [1.54, 1.807) is 12.1 Å². The maximum Gasteiger partial charge on any atom is 0.255 e. The van der Waals surface area contributed by atoms with Crippen molar-refractivity contribution in [1.29, 1.82) is 0 Å². The van der Waals surface area contributed by atoms with Crippen molar-refractivity contribution in [3.05, 3.63) is 23.3 Å². The zero-order valence-corrected chi connectivity index (χ0v) is 10.8. The number of nitrogen functional groups attached to an aromatic ring is 1. The molecule has 106 valence electrons. The molecule has 20 heavy (non-hydrogen) atoms. The first-order valence-corrected chi connectivity index (χ1v) is 6.18. The van der Waals surface area contributed by atoms with E-state index >= 15 is 0 Å². The normalized spacial score (nSPS) is 18.7. The number of morpholine rings is 1. The molecule has 1 fully saturated rings. The number of hydrogen-bond donors (Lipinski definition) is 1. The van der Waals surface area contributed by atoms with E-state index in [2.05, 4.69) is 0 Å². The summed E-state index contributed by atoms with van der Waals surface area (Å²) >= 11 is 0. The van der Waals surface area contributed by atoms with Crippen molar-refractivity contribution >= 4 is 17.5 Å². The summed E-state index contributed by atoms with van der Waals surface area (Å²) < 4.78 is 15.5. The Morgan fingerprint density at radius 2 is 1.85 bits per heavy atom. The summed E-state index contributed by atoms with van der Waals surface area (Å²) in [6, 6.07) is 3.47. The van der Waals surface area contributed by atoms with E-state index < -0.39 is 0 Å². The molecule has 0 saturated carbocycles. The van der Waals surface area contributed by atoms with Gasteiger partial charge in [0.25, 0.3) is 11.8 Å². The van der Waals surface area contributed by atoms with Gasteiger partial charge in [-0.1, -0.05) is 0 Å². The van der Waals surface area contributed by atoms with Crippen LogP contribution in [0.1, 0.15) is 11.1 Å². The average Bonchev–Trinajstić information content (AvgIpc) is 2.42. The highest BCUT2D eigenvalue weighted by molar-refractivity contribution is 5.98. The predicted octanol–water partition coefficient (Wildman–Crippen LogP) is 0.0207. The molecule has 1 saturated heterocycles. The van der Waals surface area contributed by atoms with E-state index in [-0.39, 0.29) is 38.4 Å². The molecule has 0 unspecified atom stereocenters.